The van der Waals surface area contributed by atoms with Crippen LogP contribution in [0.1, 0.15) is 11.5 Å². The lowest BCUT2D eigenvalue weighted by Gasteiger charge is -2.13. The van der Waals surface area contributed by atoms with E-state index in [4.69, 9.17) is 0 Å². The van der Waals surface area contributed by atoms with Crippen molar-refractivity contribution in [1.29, 1.82) is 0 Å². The summed E-state index contributed by atoms with van der Waals surface area (Å²) in [7, 11) is 0. The Bertz CT molecular complexity index is 778. The number of aromatic nitrogens is 1. The molecule has 0 aliphatic carbocycles. The van der Waals surface area contributed by atoms with Gasteiger partial charge in [-0.1, -0.05) is 40.2 Å². The van der Waals surface area contributed by atoms with Crippen LogP contribution in [0.15, 0.2) is 64.1 Å². The third-order valence-electron chi connectivity index (χ3n) is 3.95. The van der Waals surface area contributed by atoms with Gasteiger partial charge in [-0.15, -0.1) is 11.8 Å². The molecule has 0 bridgehead atoms. The van der Waals surface area contributed by atoms with Crippen LogP contribution in [0.25, 0.3) is 10.9 Å². The van der Waals surface area contributed by atoms with Crippen LogP contribution >= 0.6 is 27.7 Å². The smallest absolute Gasteiger partial charge is 0.0491 e. The van der Waals surface area contributed by atoms with Crippen molar-refractivity contribution >= 4 is 38.6 Å². The predicted octanol–water partition coefficient (Wildman–Crippen LogP) is 5.29. The lowest BCUT2D eigenvalue weighted by Crippen LogP contribution is -2.07. The Labute approximate surface area is 131 Å². The standard InChI is InChI=1S/C17H14BrNS/c18-14-6-5-12-7-8-19(16(12)9-14)10-13-11-20-17-4-2-1-3-15(13)17/h1-9,13H,10-11H2. The topological polar surface area (TPSA) is 4.93 Å². The first-order valence-corrected chi connectivity index (χ1v) is 8.55. The molecular weight excluding hydrogens is 330 g/mol. The molecule has 4 rings (SSSR count). The number of thioether (sulfide) groups is 1. The Morgan fingerprint density at radius 3 is 3.00 bits per heavy atom. The van der Waals surface area contributed by atoms with Crippen LogP contribution in [-0.2, 0) is 6.54 Å². The van der Waals surface area contributed by atoms with Gasteiger partial charge in [0.2, 0.25) is 0 Å². The van der Waals surface area contributed by atoms with Crippen molar-refractivity contribution in [3.8, 4) is 0 Å². The summed E-state index contributed by atoms with van der Waals surface area (Å²) in [6, 6.07) is 17.5. The largest absolute Gasteiger partial charge is 0.347 e. The van der Waals surface area contributed by atoms with Gasteiger partial charge in [-0.25, -0.2) is 0 Å². The molecule has 100 valence electrons. The van der Waals surface area contributed by atoms with Gasteiger partial charge in [0.1, 0.15) is 0 Å². The molecule has 1 aliphatic rings. The average molecular weight is 344 g/mol. The fourth-order valence-corrected chi connectivity index (χ4v) is 4.53. The zero-order chi connectivity index (χ0) is 13.5. The van der Waals surface area contributed by atoms with Crippen molar-refractivity contribution < 1.29 is 0 Å². The molecule has 1 unspecified atom stereocenters. The van der Waals surface area contributed by atoms with E-state index >= 15 is 0 Å². The fraction of sp³-hybridized carbons (Fsp3) is 0.176. The van der Waals surface area contributed by atoms with Gasteiger partial charge in [0.25, 0.3) is 0 Å². The van der Waals surface area contributed by atoms with E-state index < -0.39 is 0 Å². The van der Waals surface area contributed by atoms with Gasteiger partial charge in [-0.05, 0) is 35.2 Å². The summed E-state index contributed by atoms with van der Waals surface area (Å²) in [6.07, 6.45) is 2.21. The molecule has 1 nitrogen and oxygen atoms in total. The number of benzene rings is 2. The molecular formula is C17H14BrNS. The second-order valence-electron chi connectivity index (χ2n) is 5.22. The van der Waals surface area contributed by atoms with Crippen molar-refractivity contribution in [3.63, 3.8) is 0 Å². The van der Waals surface area contributed by atoms with Gasteiger partial charge in [0, 0.05) is 39.3 Å². The average Bonchev–Trinajstić information content (AvgIpc) is 3.05. The van der Waals surface area contributed by atoms with E-state index in [1.54, 1.807) is 0 Å². The Kier molecular flexibility index (Phi) is 3.12. The molecule has 1 aromatic heterocycles. The summed E-state index contributed by atoms with van der Waals surface area (Å²) in [5, 5.41) is 1.31. The SMILES string of the molecule is Brc1ccc2ccn(CC3CSc4ccccc43)c2c1. The number of hydrogen-bond donors (Lipinski definition) is 0. The lowest BCUT2D eigenvalue weighted by atomic mass is 10.0. The Balaban J connectivity index is 1.70. The molecule has 0 saturated carbocycles. The maximum atomic E-state index is 3.57. The van der Waals surface area contributed by atoms with Crippen LogP contribution in [-0.4, -0.2) is 10.3 Å². The number of hydrogen-bond acceptors (Lipinski definition) is 1. The molecule has 0 saturated heterocycles. The van der Waals surface area contributed by atoms with E-state index in [0.29, 0.717) is 5.92 Å². The third-order valence-corrected chi connectivity index (χ3v) is 5.70. The van der Waals surface area contributed by atoms with Crippen LogP contribution < -0.4 is 0 Å². The number of halogens is 1. The summed E-state index contributed by atoms with van der Waals surface area (Å²) in [5.74, 6) is 1.80. The number of rotatable bonds is 2. The minimum absolute atomic E-state index is 0.616. The molecule has 2 heterocycles. The highest BCUT2D eigenvalue weighted by Gasteiger charge is 2.23. The first-order valence-electron chi connectivity index (χ1n) is 6.77. The number of fused-ring (bicyclic) bond motifs is 2. The van der Waals surface area contributed by atoms with Gasteiger partial charge in [0.05, 0.1) is 0 Å². The third kappa shape index (κ3) is 2.09. The molecule has 20 heavy (non-hydrogen) atoms. The van der Waals surface area contributed by atoms with Crippen molar-refractivity contribution in [1.82, 2.24) is 4.57 Å². The normalized spacial score (nSPS) is 17.6. The minimum atomic E-state index is 0.616. The van der Waals surface area contributed by atoms with Gasteiger partial charge < -0.3 is 4.57 Å². The van der Waals surface area contributed by atoms with Gasteiger partial charge in [-0.2, -0.15) is 0 Å². The summed E-state index contributed by atoms with van der Waals surface area (Å²) in [4.78, 5) is 1.45. The molecule has 3 aromatic rings. The van der Waals surface area contributed by atoms with Gasteiger partial charge in [0.15, 0.2) is 0 Å². The van der Waals surface area contributed by atoms with Crippen LogP contribution in [0.2, 0.25) is 0 Å². The molecule has 0 radical (unpaired) electrons. The highest BCUT2D eigenvalue weighted by Crippen LogP contribution is 2.40. The highest BCUT2D eigenvalue weighted by atomic mass is 79.9. The molecule has 0 amide bonds. The van der Waals surface area contributed by atoms with Crippen LogP contribution in [0.4, 0.5) is 0 Å². The Hall–Kier alpha value is -1.19. The van der Waals surface area contributed by atoms with Crippen molar-refractivity contribution in [2.24, 2.45) is 0 Å². The van der Waals surface area contributed by atoms with Crippen molar-refractivity contribution in [2.75, 3.05) is 5.75 Å². The second kappa shape index (κ2) is 4.97. The summed E-state index contributed by atoms with van der Waals surface area (Å²) >= 11 is 5.56. The Morgan fingerprint density at radius 2 is 2.05 bits per heavy atom. The highest BCUT2D eigenvalue weighted by molar-refractivity contribution is 9.10. The molecule has 1 aliphatic heterocycles. The second-order valence-corrected chi connectivity index (χ2v) is 7.19. The molecule has 2 aromatic carbocycles. The molecule has 3 heteroatoms. The van der Waals surface area contributed by atoms with Crippen molar-refractivity contribution in [2.45, 2.75) is 17.4 Å². The van der Waals surface area contributed by atoms with E-state index in [1.807, 2.05) is 11.8 Å². The monoisotopic (exact) mass is 343 g/mol. The molecule has 1 atom stereocenters. The Morgan fingerprint density at radius 1 is 1.15 bits per heavy atom. The zero-order valence-electron chi connectivity index (χ0n) is 10.9. The van der Waals surface area contributed by atoms with Gasteiger partial charge in [-0.3, -0.25) is 0 Å². The summed E-state index contributed by atoms with van der Waals surface area (Å²) < 4.78 is 3.53. The first-order chi connectivity index (χ1) is 9.81. The fourth-order valence-electron chi connectivity index (χ4n) is 2.93. The van der Waals surface area contributed by atoms with Gasteiger partial charge >= 0.3 is 0 Å². The van der Waals surface area contributed by atoms with E-state index in [1.165, 1.54) is 27.1 Å². The predicted molar refractivity (Wildman–Crippen MR) is 89.5 cm³/mol. The van der Waals surface area contributed by atoms with E-state index in [-0.39, 0.29) is 0 Å². The maximum Gasteiger partial charge on any atom is 0.0491 e. The van der Waals surface area contributed by atoms with E-state index in [0.717, 1.165) is 11.0 Å². The zero-order valence-corrected chi connectivity index (χ0v) is 13.3. The first kappa shape index (κ1) is 12.5. The lowest BCUT2D eigenvalue weighted by molar-refractivity contribution is 0.623. The quantitative estimate of drug-likeness (QED) is 0.611. The molecule has 0 fully saturated rings. The molecule has 0 N–H and O–H groups in total. The maximum absolute atomic E-state index is 3.57. The van der Waals surface area contributed by atoms with Crippen LogP contribution in [0.5, 0.6) is 0 Å². The summed E-state index contributed by atoms with van der Waals surface area (Å²) in [6.45, 7) is 1.06. The minimum Gasteiger partial charge on any atom is -0.347 e. The number of nitrogens with zero attached hydrogens (tertiary/aromatic N) is 1. The summed E-state index contributed by atoms with van der Waals surface area (Å²) in [5.41, 5.74) is 2.82. The molecule has 0 spiro atoms. The van der Waals surface area contributed by atoms with Crippen LogP contribution in [0, 0.1) is 0 Å². The van der Waals surface area contributed by atoms with E-state index in [2.05, 4.69) is 75.2 Å². The van der Waals surface area contributed by atoms with E-state index in [9.17, 15) is 0 Å². The van der Waals surface area contributed by atoms with Crippen LogP contribution in [0.3, 0.4) is 0 Å². The van der Waals surface area contributed by atoms with Crippen molar-refractivity contribution in [3.05, 3.63) is 64.8 Å².